The number of hydrogen-bond acceptors (Lipinski definition) is 3. The maximum absolute atomic E-state index is 13.7. The van der Waals surface area contributed by atoms with Crippen LogP contribution < -0.4 is 10.2 Å². The van der Waals surface area contributed by atoms with Gasteiger partial charge in [-0.05, 0) is 36.2 Å². The van der Waals surface area contributed by atoms with Crippen LogP contribution in [0.5, 0.6) is 0 Å². The molecule has 2 heterocycles. The first-order chi connectivity index (χ1) is 16.3. The van der Waals surface area contributed by atoms with Gasteiger partial charge in [0.15, 0.2) is 0 Å². The lowest BCUT2D eigenvalue weighted by atomic mass is 10.1. The molecule has 1 aliphatic rings. The molecular weight excluding hydrogens is 446 g/mol. The molecule has 5 rings (SSSR count). The minimum Gasteiger partial charge on any atom is -0.352 e. The Hall–Kier alpha value is -3.94. The standard InChI is InChI=1S/C26H19F4N3O/c27-21-11-10-17(14-20(21)26(28,29)30)25(34)32-23-18-8-4-5-9-22(18)31-24-19(23)12-13-33(24)15-16-6-2-1-3-7-16/h1-11,14H,12-13,15H2,(H,31,32,34). The van der Waals surface area contributed by atoms with Crippen molar-refractivity contribution in [3.8, 4) is 0 Å². The quantitative estimate of drug-likeness (QED) is 0.365. The smallest absolute Gasteiger partial charge is 0.352 e. The molecule has 1 aliphatic heterocycles. The molecule has 0 fully saturated rings. The van der Waals surface area contributed by atoms with E-state index in [4.69, 9.17) is 4.98 Å². The SMILES string of the molecule is O=C(Nc1c2c(nc3ccccc13)N(Cc1ccccc1)CC2)c1ccc(F)c(C(F)(F)F)c1. The fourth-order valence-electron chi connectivity index (χ4n) is 4.26. The van der Waals surface area contributed by atoms with Crippen molar-refractivity contribution >= 4 is 28.3 Å². The van der Waals surface area contributed by atoms with E-state index < -0.39 is 23.5 Å². The highest BCUT2D eigenvalue weighted by molar-refractivity contribution is 6.10. The average molecular weight is 465 g/mol. The topological polar surface area (TPSA) is 45.2 Å². The number of para-hydroxylation sites is 1. The Bertz CT molecular complexity index is 1390. The summed E-state index contributed by atoms with van der Waals surface area (Å²) in [6, 6.07) is 19.4. The van der Waals surface area contributed by atoms with E-state index in [-0.39, 0.29) is 5.56 Å². The van der Waals surface area contributed by atoms with Gasteiger partial charge in [-0.3, -0.25) is 4.79 Å². The number of anilines is 2. The van der Waals surface area contributed by atoms with E-state index in [9.17, 15) is 22.4 Å². The summed E-state index contributed by atoms with van der Waals surface area (Å²) in [5.74, 6) is -1.44. The highest BCUT2D eigenvalue weighted by Gasteiger charge is 2.35. The third-order valence-corrected chi connectivity index (χ3v) is 5.89. The zero-order valence-corrected chi connectivity index (χ0v) is 17.9. The number of nitrogens with one attached hydrogen (secondary N) is 1. The van der Waals surface area contributed by atoms with Crippen LogP contribution in [-0.2, 0) is 19.1 Å². The predicted molar refractivity (Wildman–Crippen MR) is 122 cm³/mol. The number of amides is 1. The highest BCUT2D eigenvalue weighted by Crippen LogP contribution is 2.38. The van der Waals surface area contributed by atoms with Crippen LogP contribution >= 0.6 is 0 Å². The summed E-state index contributed by atoms with van der Waals surface area (Å²) in [5.41, 5.74) is 1.36. The van der Waals surface area contributed by atoms with Gasteiger partial charge in [-0.15, -0.1) is 0 Å². The molecule has 1 aromatic heterocycles. The van der Waals surface area contributed by atoms with Crippen molar-refractivity contribution in [3.63, 3.8) is 0 Å². The first kappa shape index (κ1) is 21.9. The van der Waals surface area contributed by atoms with Crippen molar-refractivity contribution in [3.05, 3.63) is 101 Å². The molecule has 4 nitrogen and oxygen atoms in total. The molecular formula is C26H19F4N3O. The number of pyridine rings is 1. The number of alkyl halides is 3. The molecule has 3 aromatic carbocycles. The minimum absolute atomic E-state index is 0.275. The third-order valence-electron chi connectivity index (χ3n) is 5.89. The number of aromatic nitrogens is 1. The molecule has 0 unspecified atom stereocenters. The van der Waals surface area contributed by atoms with Gasteiger partial charge in [0.25, 0.3) is 5.91 Å². The van der Waals surface area contributed by atoms with Gasteiger partial charge in [0, 0.05) is 29.6 Å². The molecule has 0 saturated carbocycles. The van der Waals surface area contributed by atoms with Crippen molar-refractivity contribution in [2.24, 2.45) is 0 Å². The monoisotopic (exact) mass is 465 g/mol. The van der Waals surface area contributed by atoms with Crippen molar-refractivity contribution in [2.75, 3.05) is 16.8 Å². The lowest BCUT2D eigenvalue weighted by Gasteiger charge is -2.20. The van der Waals surface area contributed by atoms with E-state index in [1.54, 1.807) is 0 Å². The second kappa shape index (κ2) is 8.44. The number of halogens is 4. The molecule has 172 valence electrons. The van der Waals surface area contributed by atoms with Crippen LogP contribution in [0.3, 0.4) is 0 Å². The summed E-state index contributed by atoms with van der Waals surface area (Å²) in [7, 11) is 0. The number of carbonyl (C=O) groups excluding carboxylic acids is 1. The van der Waals surface area contributed by atoms with Crippen LogP contribution in [-0.4, -0.2) is 17.4 Å². The number of benzene rings is 3. The maximum atomic E-state index is 13.7. The lowest BCUT2D eigenvalue weighted by molar-refractivity contribution is -0.140. The van der Waals surface area contributed by atoms with E-state index in [2.05, 4.69) is 10.2 Å². The second-order valence-corrected chi connectivity index (χ2v) is 8.11. The number of fused-ring (bicyclic) bond motifs is 2. The third kappa shape index (κ3) is 4.07. The summed E-state index contributed by atoms with van der Waals surface area (Å²) < 4.78 is 53.1. The molecule has 0 radical (unpaired) electrons. The molecule has 8 heteroatoms. The average Bonchev–Trinajstić information content (AvgIpc) is 3.21. The van der Waals surface area contributed by atoms with Crippen molar-refractivity contribution in [2.45, 2.75) is 19.1 Å². The Morgan fingerprint density at radius 1 is 1.00 bits per heavy atom. The molecule has 0 atom stereocenters. The van der Waals surface area contributed by atoms with Crippen LogP contribution in [0.2, 0.25) is 0 Å². The van der Waals surface area contributed by atoms with Crippen LogP contribution in [0.4, 0.5) is 29.1 Å². The summed E-state index contributed by atoms with van der Waals surface area (Å²) in [4.78, 5) is 19.9. The Morgan fingerprint density at radius 3 is 2.50 bits per heavy atom. The number of carbonyl (C=O) groups is 1. The number of nitrogens with zero attached hydrogens (tertiary/aromatic N) is 2. The van der Waals surface area contributed by atoms with E-state index in [1.807, 2.05) is 54.6 Å². The van der Waals surface area contributed by atoms with Gasteiger partial charge in [0.05, 0.1) is 16.8 Å². The lowest BCUT2D eigenvalue weighted by Crippen LogP contribution is -2.20. The van der Waals surface area contributed by atoms with Gasteiger partial charge in [0.2, 0.25) is 0 Å². The van der Waals surface area contributed by atoms with Crippen molar-refractivity contribution in [1.82, 2.24) is 4.98 Å². The van der Waals surface area contributed by atoms with Gasteiger partial charge in [-0.2, -0.15) is 13.2 Å². The van der Waals surface area contributed by atoms with Gasteiger partial charge in [0.1, 0.15) is 11.6 Å². The molecule has 0 aliphatic carbocycles. The molecule has 0 spiro atoms. The molecule has 4 aromatic rings. The first-order valence-electron chi connectivity index (χ1n) is 10.7. The van der Waals surface area contributed by atoms with Gasteiger partial charge >= 0.3 is 6.18 Å². The zero-order chi connectivity index (χ0) is 23.9. The molecule has 1 N–H and O–H groups in total. The normalized spacial score (nSPS) is 13.2. The minimum atomic E-state index is -4.90. The van der Waals surface area contributed by atoms with Gasteiger partial charge < -0.3 is 10.2 Å². The number of rotatable bonds is 4. The zero-order valence-electron chi connectivity index (χ0n) is 17.9. The largest absolute Gasteiger partial charge is 0.419 e. The van der Waals surface area contributed by atoms with Crippen LogP contribution in [0.1, 0.15) is 27.0 Å². The van der Waals surface area contributed by atoms with Crippen LogP contribution in [0.15, 0.2) is 72.8 Å². The summed E-state index contributed by atoms with van der Waals surface area (Å²) >= 11 is 0. The van der Waals surface area contributed by atoms with Crippen molar-refractivity contribution in [1.29, 1.82) is 0 Å². The Kier molecular flexibility index (Phi) is 5.43. The van der Waals surface area contributed by atoms with Gasteiger partial charge in [-0.1, -0.05) is 48.5 Å². The van der Waals surface area contributed by atoms with Crippen LogP contribution in [0, 0.1) is 5.82 Å². The molecule has 1 amide bonds. The van der Waals surface area contributed by atoms with Crippen LogP contribution in [0.25, 0.3) is 10.9 Å². The highest BCUT2D eigenvalue weighted by atomic mass is 19.4. The summed E-state index contributed by atoms with van der Waals surface area (Å²) in [6.45, 7) is 1.32. The van der Waals surface area contributed by atoms with E-state index in [1.165, 1.54) is 0 Å². The maximum Gasteiger partial charge on any atom is 0.419 e. The molecule has 0 bridgehead atoms. The second-order valence-electron chi connectivity index (χ2n) is 8.11. The first-order valence-corrected chi connectivity index (χ1v) is 10.7. The Morgan fingerprint density at radius 2 is 1.74 bits per heavy atom. The summed E-state index contributed by atoms with van der Waals surface area (Å²) in [5, 5.41) is 3.48. The van der Waals surface area contributed by atoms with Gasteiger partial charge in [-0.25, -0.2) is 9.37 Å². The summed E-state index contributed by atoms with van der Waals surface area (Å²) in [6.07, 6.45) is -4.28. The fourth-order valence-corrected chi connectivity index (χ4v) is 4.26. The molecule has 34 heavy (non-hydrogen) atoms. The fraction of sp³-hybridized carbons (Fsp3) is 0.154. The molecule has 0 saturated heterocycles. The van der Waals surface area contributed by atoms with Crippen molar-refractivity contribution < 1.29 is 22.4 Å². The Balaban J connectivity index is 1.54. The van der Waals surface area contributed by atoms with E-state index >= 15 is 0 Å². The number of hydrogen-bond donors (Lipinski definition) is 1. The predicted octanol–water partition coefficient (Wildman–Crippen LogP) is 6.21. The Labute approximate surface area is 192 Å². The van der Waals surface area contributed by atoms with E-state index in [0.29, 0.717) is 48.2 Å². The van der Waals surface area contributed by atoms with E-state index in [0.717, 1.165) is 23.0 Å².